The van der Waals surface area contributed by atoms with E-state index in [9.17, 15) is 33.2 Å². The van der Waals surface area contributed by atoms with Gasteiger partial charge in [0, 0.05) is 96.8 Å². The molecule has 9 atom stereocenters. The summed E-state index contributed by atoms with van der Waals surface area (Å²) in [5.41, 5.74) is 3.26. The van der Waals surface area contributed by atoms with Crippen molar-refractivity contribution < 1.29 is 57.1 Å². The van der Waals surface area contributed by atoms with E-state index in [4.69, 9.17) is 16.3 Å². The number of nitrogens with zero attached hydrogens (tertiary/aromatic N) is 7. The molecule has 87 heavy (non-hydrogen) atoms. The number of amides is 10. The molecule has 0 aliphatic carbocycles. The van der Waals surface area contributed by atoms with E-state index in [2.05, 4.69) is 26.3 Å². The van der Waals surface area contributed by atoms with Crippen LogP contribution < -0.4 is 21.3 Å². The minimum absolute atomic E-state index is 0.00947. The molecular formula is C62H81ClFN11O11S. The Balaban J connectivity index is 1.45. The first kappa shape index (κ1) is 68.3. The first-order valence-corrected chi connectivity index (χ1v) is 30.4. The summed E-state index contributed by atoms with van der Waals surface area (Å²) in [4.78, 5) is 159. The maximum Gasteiger partial charge on any atom is 0.246 e. The molecule has 4 N–H and O–H groups in total. The molecule has 470 valence electrons. The van der Waals surface area contributed by atoms with Gasteiger partial charge in [-0.3, -0.25) is 52.9 Å². The van der Waals surface area contributed by atoms with Crippen molar-refractivity contribution in [2.75, 3.05) is 61.5 Å². The fourth-order valence-corrected chi connectivity index (χ4v) is 11.6. The lowest BCUT2D eigenvalue weighted by Crippen LogP contribution is -2.62. The molecule has 0 bridgehead atoms. The molecule has 4 aromatic rings. The Morgan fingerprint density at radius 3 is 1.77 bits per heavy atom. The van der Waals surface area contributed by atoms with E-state index in [0.717, 1.165) is 9.80 Å². The van der Waals surface area contributed by atoms with Gasteiger partial charge in [0.1, 0.15) is 60.2 Å². The standard InChI is InChI=1S/C62H81ClFN11O11S/c1-11-74-35-52(76)66-47(30-42-21-25-44(64)26-22-42)61(84)73(9)53(37(2)3)56(79)69-48(31-41-19-23-43(63)24-20-41)60(83)72(8)51(32-40-16-13-12-14-17-40)62(85)75-28-15-18-50(75)55(78)67-46(27-29-86-10)58(81)70(6)38(4)54(77)68-49(33-45-34-65-36-87-45)59(82)71(7)39(5)57(74)80/h12-14,16-17,19-26,34,36-39,46-51,53H,11,15,18,27-33,35H2,1-10H3,(H,66,76)(H,67,78)(H,68,77)(H,69,79)/t38-,39+,46-,47-,48-,49-,50+,51-,53-/m0/s1. The van der Waals surface area contributed by atoms with Crippen molar-refractivity contribution in [2.24, 2.45) is 5.92 Å². The average Bonchev–Trinajstić information content (AvgIpc) is 4.38. The van der Waals surface area contributed by atoms with Crippen molar-refractivity contribution in [3.8, 4) is 0 Å². The van der Waals surface area contributed by atoms with Gasteiger partial charge in [-0.25, -0.2) is 4.39 Å². The molecule has 2 aliphatic heterocycles. The third-order valence-corrected chi connectivity index (χ3v) is 17.2. The fraction of sp³-hybridized carbons (Fsp3) is 0.500. The number of methoxy groups -OCH3 is 1. The van der Waals surface area contributed by atoms with Gasteiger partial charge in [-0.1, -0.05) is 80.0 Å². The van der Waals surface area contributed by atoms with E-state index >= 15 is 19.2 Å². The number of nitrogens with one attached hydrogen (secondary N) is 4. The van der Waals surface area contributed by atoms with Crippen molar-refractivity contribution in [3.63, 3.8) is 0 Å². The van der Waals surface area contributed by atoms with Gasteiger partial charge in [0.2, 0.25) is 59.1 Å². The van der Waals surface area contributed by atoms with E-state index in [1.165, 1.54) is 111 Å². The fourth-order valence-electron chi connectivity index (χ4n) is 10.8. The monoisotopic (exact) mass is 1240 g/mol. The Kier molecular flexibility index (Phi) is 24.9. The van der Waals surface area contributed by atoms with Crippen molar-refractivity contribution in [2.45, 2.75) is 134 Å². The molecule has 1 aromatic heterocycles. The van der Waals surface area contributed by atoms with E-state index in [0.29, 0.717) is 33.0 Å². The van der Waals surface area contributed by atoms with E-state index < -0.39 is 132 Å². The molecule has 0 spiro atoms. The summed E-state index contributed by atoms with van der Waals surface area (Å²) in [5.74, 6) is -8.15. The number of rotatable bonds is 13. The SMILES string of the molecule is CCN1CC(=O)N[C@@H](Cc2ccc(F)cc2)C(=O)N(C)[C@@H](C(C)C)C(=O)N[C@@H](Cc2ccc(Cl)cc2)C(=O)N(C)[C@@H](Cc2ccccc2)C(=O)N2CCC[C@@H]2C(=O)N[C@@H](CCOC)C(=O)N(C)[C@@H](C)C(=O)N[C@@H](Cc2cncs2)C(=O)N(C)[C@H](C)C1=O. The van der Waals surface area contributed by atoms with Crippen LogP contribution in [-0.4, -0.2) is 209 Å². The van der Waals surface area contributed by atoms with Gasteiger partial charge in [0.15, 0.2) is 0 Å². The number of fused-ring (bicyclic) bond motifs is 1. The molecule has 0 unspecified atom stereocenters. The van der Waals surface area contributed by atoms with Gasteiger partial charge in [-0.05, 0) is 86.9 Å². The molecule has 25 heteroatoms. The summed E-state index contributed by atoms with van der Waals surface area (Å²) in [6.07, 6.45) is 1.73. The molecule has 0 radical (unpaired) electrons. The van der Waals surface area contributed by atoms with Crippen LogP contribution >= 0.6 is 22.9 Å². The second-order valence-electron chi connectivity index (χ2n) is 22.5. The molecule has 2 saturated heterocycles. The number of ether oxygens (including phenoxy) is 1. The topological polar surface area (TPSA) is 260 Å². The Bertz CT molecular complexity index is 3050. The maximum absolute atomic E-state index is 15.4. The molecule has 3 heterocycles. The van der Waals surface area contributed by atoms with Gasteiger partial charge in [-0.15, -0.1) is 11.3 Å². The highest BCUT2D eigenvalue weighted by atomic mass is 35.5. The number of aromatic nitrogens is 1. The molecule has 3 aromatic carbocycles. The van der Waals surface area contributed by atoms with Crippen LogP contribution in [0.4, 0.5) is 4.39 Å². The number of hydrogen-bond donors (Lipinski definition) is 4. The molecule has 2 aliphatic rings. The first-order chi connectivity index (χ1) is 41.3. The summed E-state index contributed by atoms with van der Waals surface area (Å²) in [6.45, 7) is 7.43. The largest absolute Gasteiger partial charge is 0.385 e. The number of benzene rings is 3. The van der Waals surface area contributed by atoms with Crippen LogP contribution in [0.5, 0.6) is 0 Å². The highest BCUT2D eigenvalue weighted by Gasteiger charge is 2.44. The van der Waals surface area contributed by atoms with Crippen molar-refractivity contribution in [1.82, 2.24) is 55.7 Å². The summed E-state index contributed by atoms with van der Waals surface area (Å²) in [5, 5.41) is 11.7. The normalized spacial score (nSPS) is 24.5. The Hall–Kier alpha value is -7.83. The highest BCUT2D eigenvalue weighted by Crippen LogP contribution is 2.25. The van der Waals surface area contributed by atoms with Gasteiger partial charge in [-0.2, -0.15) is 0 Å². The first-order valence-electron chi connectivity index (χ1n) is 29.1. The number of carbonyl (C=O) groups excluding carboxylic acids is 10. The van der Waals surface area contributed by atoms with Crippen molar-refractivity contribution in [1.29, 1.82) is 0 Å². The van der Waals surface area contributed by atoms with Crippen LogP contribution in [0.15, 0.2) is 90.6 Å². The Morgan fingerprint density at radius 2 is 1.17 bits per heavy atom. The number of halogens is 2. The molecule has 22 nitrogen and oxygen atoms in total. The molecule has 6 rings (SSSR count). The van der Waals surface area contributed by atoms with Crippen LogP contribution in [0.1, 0.15) is 75.4 Å². The summed E-state index contributed by atoms with van der Waals surface area (Å²) in [6, 6.07) is 9.39. The summed E-state index contributed by atoms with van der Waals surface area (Å²) < 4.78 is 19.6. The molecule has 2 fully saturated rings. The zero-order chi connectivity index (χ0) is 63.8. The van der Waals surface area contributed by atoms with Gasteiger partial charge < -0.3 is 55.4 Å². The van der Waals surface area contributed by atoms with Crippen LogP contribution in [-0.2, 0) is 78.4 Å². The lowest BCUT2D eigenvalue weighted by molar-refractivity contribution is -0.150. The minimum Gasteiger partial charge on any atom is -0.385 e. The summed E-state index contributed by atoms with van der Waals surface area (Å²) >= 11 is 7.52. The van der Waals surface area contributed by atoms with Gasteiger partial charge in [0.25, 0.3) is 0 Å². The minimum atomic E-state index is -1.40. The van der Waals surface area contributed by atoms with Crippen molar-refractivity contribution in [3.05, 3.63) is 123 Å². The number of hydrogen-bond acceptors (Lipinski definition) is 13. The van der Waals surface area contributed by atoms with Crippen LogP contribution in [0.2, 0.25) is 5.02 Å². The molecular weight excluding hydrogens is 1160 g/mol. The zero-order valence-corrected chi connectivity index (χ0v) is 52.6. The van der Waals surface area contributed by atoms with Crippen LogP contribution in [0.25, 0.3) is 0 Å². The maximum atomic E-state index is 15.4. The average molecular weight is 1240 g/mol. The number of carbonyl (C=O) groups is 10. The van der Waals surface area contributed by atoms with Gasteiger partial charge >= 0.3 is 0 Å². The van der Waals surface area contributed by atoms with Crippen LogP contribution in [0, 0.1) is 11.7 Å². The van der Waals surface area contributed by atoms with Crippen molar-refractivity contribution >= 4 is 82.0 Å². The van der Waals surface area contributed by atoms with E-state index in [1.54, 1.807) is 80.9 Å². The van der Waals surface area contributed by atoms with Gasteiger partial charge in [0.05, 0.1) is 12.1 Å². The van der Waals surface area contributed by atoms with Crippen LogP contribution in [0.3, 0.4) is 0 Å². The highest BCUT2D eigenvalue weighted by molar-refractivity contribution is 7.09. The second-order valence-corrected chi connectivity index (χ2v) is 23.9. The van der Waals surface area contributed by atoms with E-state index in [-0.39, 0.29) is 58.2 Å². The predicted molar refractivity (Wildman–Crippen MR) is 325 cm³/mol. The smallest absolute Gasteiger partial charge is 0.246 e. The van der Waals surface area contributed by atoms with E-state index in [1.807, 2.05) is 0 Å². The Morgan fingerprint density at radius 1 is 0.632 bits per heavy atom. The summed E-state index contributed by atoms with van der Waals surface area (Å²) in [7, 11) is 7.00. The third-order valence-electron chi connectivity index (χ3n) is 16.2. The second kappa shape index (κ2) is 31.7. The number of thiazole rings is 1. The zero-order valence-electron chi connectivity index (χ0n) is 51.0. The lowest BCUT2D eigenvalue weighted by atomic mass is 9.97. The Labute approximate surface area is 516 Å². The molecule has 10 amide bonds. The third kappa shape index (κ3) is 17.9. The predicted octanol–water partition coefficient (Wildman–Crippen LogP) is 3.04. The molecule has 0 saturated carbocycles. The quantitative estimate of drug-likeness (QED) is 0.151. The number of likely N-dealkylation sites (N-methyl/N-ethyl adjacent to an activating group) is 5. The lowest BCUT2D eigenvalue weighted by Gasteiger charge is -2.37.